The third-order valence-corrected chi connectivity index (χ3v) is 4.23. The number of amides is 1. The number of morpholine rings is 1. The first kappa shape index (κ1) is 15.3. The van der Waals surface area contributed by atoms with Gasteiger partial charge in [-0.1, -0.05) is 6.92 Å². The lowest BCUT2D eigenvalue weighted by Crippen LogP contribution is -2.49. The molecule has 114 valence electrons. The van der Waals surface area contributed by atoms with Gasteiger partial charge in [-0.3, -0.25) is 14.5 Å². The molecule has 1 N–H and O–H groups in total. The van der Waals surface area contributed by atoms with Crippen LogP contribution in [-0.2, 0) is 14.3 Å². The number of rotatable bonds is 4. The van der Waals surface area contributed by atoms with Crippen molar-refractivity contribution >= 4 is 11.9 Å². The predicted molar refractivity (Wildman–Crippen MR) is 73.4 cm³/mol. The molecule has 2 aliphatic heterocycles. The fraction of sp³-hybridized carbons (Fsp3) is 0.857. The van der Waals surface area contributed by atoms with E-state index in [0.29, 0.717) is 39.1 Å². The van der Waals surface area contributed by atoms with Crippen molar-refractivity contribution in [2.45, 2.75) is 32.3 Å². The summed E-state index contributed by atoms with van der Waals surface area (Å²) in [5, 5.41) is 8.95. The van der Waals surface area contributed by atoms with Crippen molar-refractivity contribution in [3.05, 3.63) is 0 Å². The lowest BCUT2D eigenvalue weighted by molar-refractivity contribution is -0.146. The van der Waals surface area contributed by atoms with Gasteiger partial charge in [-0.05, 0) is 19.3 Å². The van der Waals surface area contributed by atoms with E-state index in [9.17, 15) is 9.59 Å². The summed E-state index contributed by atoms with van der Waals surface area (Å²) < 4.78 is 5.59. The van der Waals surface area contributed by atoms with E-state index < -0.39 is 5.97 Å². The largest absolute Gasteiger partial charge is 0.481 e. The van der Waals surface area contributed by atoms with Crippen LogP contribution in [0.15, 0.2) is 0 Å². The highest BCUT2D eigenvalue weighted by molar-refractivity contribution is 5.79. The molecule has 1 atom stereocenters. The van der Waals surface area contributed by atoms with E-state index in [4.69, 9.17) is 9.84 Å². The van der Waals surface area contributed by atoms with Crippen LogP contribution in [0.2, 0.25) is 0 Å². The minimum Gasteiger partial charge on any atom is -0.481 e. The molecule has 0 spiro atoms. The molecule has 2 aliphatic rings. The van der Waals surface area contributed by atoms with E-state index in [1.165, 1.54) is 0 Å². The Kier molecular flexibility index (Phi) is 5.37. The number of piperidine rings is 1. The molecule has 6 heteroatoms. The molecule has 0 aromatic rings. The molecule has 2 heterocycles. The van der Waals surface area contributed by atoms with Crippen LogP contribution in [0.4, 0.5) is 0 Å². The molecule has 20 heavy (non-hydrogen) atoms. The van der Waals surface area contributed by atoms with Crippen LogP contribution in [0.3, 0.4) is 0 Å². The Hall–Kier alpha value is -1.14. The third-order valence-electron chi connectivity index (χ3n) is 4.23. The molecule has 0 radical (unpaired) electrons. The molecular weight excluding hydrogens is 260 g/mol. The second-order valence-corrected chi connectivity index (χ2v) is 5.63. The molecule has 0 aromatic carbocycles. The number of hydrogen-bond donors (Lipinski definition) is 1. The number of carbonyl (C=O) groups is 2. The van der Waals surface area contributed by atoms with Gasteiger partial charge in [0.1, 0.15) is 0 Å². The van der Waals surface area contributed by atoms with Crippen LogP contribution < -0.4 is 0 Å². The second kappa shape index (κ2) is 7.04. The molecule has 0 aromatic heterocycles. The summed E-state index contributed by atoms with van der Waals surface area (Å²) in [5.74, 6) is -0.909. The van der Waals surface area contributed by atoms with Gasteiger partial charge in [0, 0.05) is 26.2 Å². The Labute approximate surface area is 119 Å². The predicted octanol–water partition coefficient (Wildman–Crippen LogP) is 0.420. The minimum absolute atomic E-state index is 0.116. The Morgan fingerprint density at radius 3 is 2.55 bits per heavy atom. The Balaban J connectivity index is 1.76. The summed E-state index contributed by atoms with van der Waals surface area (Å²) in [6.45, 7) is 5.95. The molecule has 2 saturated heterocycles. The zero-order valence-corrected chi connectivity index (χ0v) is 12.1. The monoisotopic (exact) mass is 284 g/mol. The summed E-state index contributed by atoms with van der Waals surface area (Å²) in [5.41, 5.74) is 0. The normalized spacial score (nSPS) is 25.6. The SMILES string of the molecule is CCC1CN(CC(=O)N2CCC(C(=O)O)CC2)CCO1. The van der Waals surface area contributed by atoms with Gasteiger partial charge in [-0.25, -0.2) is 0 Å². The van der Waals surface area contributed by atoms with Gasteiger partial charge in [0.2, 0.25) is 5.91 Å². The molecule has 1 unspecified atom stereocenters. The van der Waals surface area contributed by atoms with E-state index in [1.807, 2.05) is 0 Å². The van der Waals surface area contributed by atoms with Gasteiger partial charge in [-0.15, -0.1) is 0 Å². The standard InChI is InChI=1S/C14H24N2O4/c1-2-12-9-15(7-8-20-12)10-13(17)16-5-3-11(4-6-16)14(18)19/h11-12H,2-10H2,1H3,(H,18,19). The first-order valence-corrected chi connectivity index (χ1v) is 7.44. The van der Waals surface area contributed by atoms with Crippen LogP contribution in [0.5, 0.6) is 0 Å². The fourth-order valence-corrected chi connectivity index (χ4v) is 2.84. The summed E-state index contributed by atoms with van der Waals surface area (Å²) in [6, 6.07) is 0. The number of carboxylic acids is 1. The van der Waals surface area contributed by atoms with Crippen molar-refractivity contribution in [2.24, 2.45) is 5.92 Å². The highest BCUT2D eigenvalue weighted by Gasteiger charge is 2.28. The average Bonchev–Trinajstić information content (AvgIpc) is 2.47. The third kappa shape index (κ3) is 3.93. The Morgan fingerprint density at radius 1 is 1.25 bits per heavy atom. The maximum absolute atomic E-state index is 12.2. The number of carboxylic acid groups (broad SMARTS) is 1. The Morgan fingerprint density at radius 2 is 1.95 bits per heavy atom. The van der Waals surface area contributed by atoms with Crippen molar-refractivity contribution in [1.29, 1.82) is 0 Å². The molecule has 2 rings (SSSR count). The van der Waals surface area contributed by atoms with Crippen LogP contribution in [-0.4, -0.2) is 72.2 Å². The van der Waals surface area contributed by atoms with E-state index >= 15 is 0 Å². The van der Waals surface area contributed by atoms with Crippen molar-refractivity contribution < 1.29 is 19.4 Å². The zero-order chi connectivity index (χ0) is 14.5. The maximum atomic E-state index is 12.2. The van der Waals surface area contributed by atoms with E-state index in [1.54, 1.807) is 4.90 Å². The van der Waals surface area contributed by atoms with Crippen molar-refractivity contribution in [2.75, 3.05) is 39.3 Å². The molecule has 2 fully saturated rings. The number of likely N-dealkylation sites (tertiary alicyclic amines) is 1. The fourth-order valence-electron chi connectivity index (χ4n) is 2.84. The molecular formula is C14H24N2O4. The van der Waals surface area contributed by atoms with Crippen molar-refractivity contribution in [1.82, 2.24) is 9.80 Å². The second-order valence-electron chi connectivity index (χ2n) is 5.63. The highest BCUT2D eigenvalue weighted by atomic mass is 16.5. The first-order valence-electron chi connectivity index (χ1n) is 7.44. The van der Waals surface area contributed by atoms with Crippen LogP contribution >= 0.6 is 0 Å². The lowest BCUT2D eigenvalue weighted by Gasteiger charge is -2.35. The van der Waals surface area contributed by atoms with Gasteiger partial charge in [0.25, 0.3) is 0 Å². The first-order chi connectivity index (χ1) is 9.60. The van der Waals surface area contributed by atoms with Crippen molar-refractivity contribution in [3.63, 3.8) is 0 Å². The Bertz CT molecular complexity index is 353. The van der Waals surface area contributed by atoms with E-state index in [-0.39, 0.29) is 17.9 Å². The van der Waals surface area contributed by atoms with Gasteiger partial charge in [0.05, 0.1) is 25.2 Å². The molecule has 0 saturated carbocycles. The molecule has 0 aliphatic carbocycles. The topological polar surface area (TPSA) is 70.1 Å². The molecule has 0 bridgehead atoms. The lowest BCUT2D eigenvalue weighted by atomic mass is 9.97. The van der Waals surface area contributed by atoms with Crippen LogP contribution in [0.1, 0.15) is 26.2 Å². The number of aliphatic carboxylic acids is 1. The molecule has 1 amide bonds. The maximum Gasteiger partial charge on any atom is 0.306 e. The number of nitrogens with zero attached hydrogens (tertiary/aromatic N) is 2. The zero-order valence-electron chi connectivity index (χ0n) is 12.1. The van der Waals surface area contributed by atoms with Gasteiger partial charge < -0.3 is 14.7 Å². The van der Waals surface area contributed by atoms with Crippen molar-refractivity contribution in [3.8, 4) is 0 Å². The highest BCUT2D eigenvalue weighted by Crippen LogP contribution is 2.18. The van der Waals surface area contributed by atoms with Crippen LogP contribution in [0.25, 0.3) is 0 Å². The average molecular weight is 284 g/mol. The number of carbonyl (C=O) groups excluding carboxylic acids is 1. The van der Waals surface area contributed by atoms with E-state index in [0.717, 1.165) is 19.5 Å². The van der Waals surface area contributed by atoms with Crippen LogP contribution in [0, 0.1) is 5.92 Å². The minimum atomic E-state index is -0.740. The number of ether oxygens (including phenoxy) is 1. The summed E-state index contributed by atoms with van der Waals surface area (Å²) in [6.07, 6.45) is 2.34. The smallest absolute Gasteiger partial charge is 0.306 e. The van der Waals surface area contributed by atoms with Gasteiger partial charge in [0.15, 0.2) is 0 Å². The van der Waals surface area contributed by atoms with Gasteiger partial charge >= 0.3 is 5.97 Å². The molecule has 6 nitrogen and oxygen atoms in total. The van der Waals surface area contributed by atoms with Gasteiger partial charge in [-0.2, -0.15) is 0 Å². The summed E-state index contributed by atoms with van der Waals surface area (Å²) in [7, 11) is 0. The quantitative estimate of drug-likeness (QED) is 0.810. The summed E-state index contributed by atoms with van der Waals surface area (Å²) in [4.78, 5) is 27.1. The van der Waals surface area contributed by atoms with E-state index in [2.05, 4.69) is 11.8 Å². The number of hydrogen-bond acceptors (Lipinski definition) is 4. The summed E-state index contributed by atoms with van der Waals surface area (Å²) >= 11 is 0.